The second kappa shape index (κ2) is 10.1. The van der Waals surface area contributed by atoms with Gasteiger partial charge in [-0.25, -0.2) is 9.89 Å². The third-order valence-electron chi connectivity index (χ3n) is 6.08. The van der Waals surface area contributed by atoms with E-state index in [1.54, 1.807) is 63.0 Å². The lowest BCUT2D eigenvalue weighted by molar-refractivity contribution is -0.286. The minimum atomic E-state index is -3.78. The Labute approximate surface area is 231 Å². The number of aromatic amines is 1. The highest BCUT2D eigenvalue weighted by Crippen LogP contribution is 2.42. The molecule has 0 unspecified atom stereocenters. The molecular weight excluding hydrogens is 538 g/mol. The Morgan fingerprint density at radius 2 is 1.95 bits per heavy atom. The molecule has 0 atom stereocenters. The lowest BCUT2D eigenvalue weighted by Gasteiger charge is -2.19. The number of nitriles is 1. The van der Waals surface area contributed by atoms with Crippen molar-refractivity contribution in [2.45, 2.75) is 39.2 Å². The average molecular weight is 563 g/mol. The Bertz CT molecular complexity index is 1810. The van der Waals surface area contributed by atoms with Crippen LogP contribution in [0.4, 0.5) is 13.6 Å². The molecule has 2 aromatic carbocycles. The zero-order valence-corrected chi connectivity index (χ0v) is 22.4. The highest BCUT2D eigenvalue weighted by molar-refractivity contribution is 5.94. The smallest absolute Gasteiger partial charge is 0.444 e. The number of carbonyl (C=O) groups is 1. The topological polar surface area (TPSA) is 144 Å². The summed E-state index contributed by atoms with van der Waals surface area (Å²) in [7, 11) is 1.69. The van der Waals surface area contributed by atoms with Gasteiger partial charge in [0, 0.05) is 18.0 Å². The lowest BCUT2D eigenvalue weighted by atomic mass is 9.99. The number of halogens is 2. The highest BCUT2D eigenvalue weighted by Gasteiger charge is 2.43. The predicted octanol–water partition coefficient (Wildman–Crippen LogP) is 4.73. The molecule has 5 rings (SSSR count). The summed E-state index contributed by atoms with van der Waals surface area (Å²) >= 11 is 0. The standard InChI is InChI=1S/C28H24F2N6O5/c1-27(2,3)41-26(38)32-14-21-19-9-16(5-7-18(19)25(37)35-34-21)20-13-33-36(4)22(20)10-17(12-31)15-6-8-23-24(11-15)40-28(29,30)39-23/h5-11,13H,14H2,1-4H3,(H,32,38)(H,35,37)/b17-10+. The van der Waals surface area contributed by atoms with Crippen LogP contribution in [-0.4, -0.2) is 38.0 Å². The molecule has 3 heterocycles. The van der Waals surface area contributed by atoms with Crippen LogP contribution < -0.4 is 20.3 Å². The van der Waals surface area contributed by atoms with Crippen LogP contribution in [0.1, 0.15) is 37.7 Å². The fourth-order valence-corrected chi connectivity index (χ4v) is 4.27. The van der Waals surface area contributed by atoms with Gasteiger partial charge in [-0.1, -0.05) is 6.07 Å². The number of benzene rings is 2. The Hall–Kier alpha value is -5.25. The minimum absolute atomic E-state index is 0.00676. The van der Waals surface area contributed by atoms with Crippen molar-refractivity contribution in [3.63, 3.8) is 0 Å². The molecule has 1 aliphatic heterocycles. The molecule has 0 spiro atoms. The largest absolute Gasteiger partial charge is 0.586 e. The van der Waals surface area contributed by atoms with E-state index in [-0.39, 0.29) is 23.6 Å². The van der Waals surface area contributed by atoms with E-state index in [1.807, 2.05) is 0 Å². The first-order chi connectivity index (χ1) is 19.3. The van der Waals surface area contributed by atoms with E-state index in [4.69, 9.17) is 4.74 Å². The Kier molecular flexibility index (Phi) is 6.70. The number of aryl methyl sites for hydroxylation is 1. The summed E-state index contributed by atoms with van der Waals surface area (Å²) < 4.78 is 42.8. The summed E-state index contributed by atoms with van der Waals surface area (Å²) in [6.07, 6.45) is -1.24. The number of H-pyrrole nitrogens is 1. The van der Waals surface area contributed by atoms with E-state index in [9.17, 15) is 23.6 Å². The molecule has 0 aliphatic carbocycles. The molecule has 4 aromatic rings. The molecule has 0 radical (unpaired) electrons. The van der Waals surface area contributed by atoms with Gasteiger partial charge in [0.2, 0.25) is 0 Å². The van der Waals surface area contributed by atoms with Crippen molar-refractivity contribution in [3.8, 4) is 28.7 Å². The summed E-state index contributed by atoms with van der Waals surface area (Å²) in [5.74, 6) is -0.312. The van der Waals surface area contributed by atoms with Crippen molar-refractivity contribution in [1.82, 2.24) is 25.3 Å². The molecule has 0 bridgehead atoms. The van der Waals surface area contributed by atoms with Crippen molar-refractivity contribution >= 4 is 28.5 Å². The first kappa shape index (κ1) is 27.3. The van der Waals surface area contributed by atoms with Gasteiger partial charge < -0.3 is 19.5 Å². The van der Waals surface area contributed by atoms with Crippen LogP contribution in [0.2, 0.25) is 0 Å². The zero-order chi connectivity index (χ0) is 29.5. The first-order valence-corrected chi connectivity index (χ1v) is 12.4. The van der Waals surface area contributed by atoms with Crippen molar-refractivity contribution in [2.24, 2.45) is 7.05 Å². The maximum atomic E-state index is 13.5. The summed E-state index contributed by atoms with van der Waals surface area (Å²) in [6.45, 7) is 5.23. The quantitative estimate of drug-likeness (QED) is 0.332. The van der Waals surface area contributed by atoms with E-state index < -0.39 is 23.5 Å². The second-order valence-electron chi connectivity index (χ2n) is 10.2. The average Bonchev–Trinajstić information content (AvgIpc) is 3.42. The lowest BCUT2D eigenvalue weighted by Crippen LogP contribution is -2.32. The number of nitrogens with one attached hydrogen (secondary N) is 2. The van der Waals surface area contributed by atoms with E-state index in [0.29, 0.717) is 38.9 Å². The molecule has 210 valence electrons. The summed E-state index contributed by atoms with van der Waals surface area (Å²) in [4.78, 5) is 24.7. The Balaban J connectivity index is 1.51. The van der Waals surface area contributed by atoms with Crippen molar-refractivity contribution in [1.29, 1.82) is 5.26 Å². The van der Waals surface area contributed by atoms with E-state index in [2.05, 4.69) is 36.2 Å². The number of aromatic nitrogens is 4. The zero-order valence-electron chi connectivity index (χ0n) is 22.4. The molecule has 0 fully saturated rings. The van der Waals surface area contributed by atoms with Crippen LogP contribution in [0.15, 0.2) is 47.4 Å². The summed E-state index contributed by atoms with van der Waals surface area (Å²) in [5, 5.41) is 24.3. The third kappa shape index (κ3) is 5.72. The fraction of sp³-hybridized carbons (Fsp3) is 0.250. The molecule has 1 amide bonds. The van der Waals surface area contributed by atoms with Crippen LogP contribution in [0, 0.1) is 11.3 Å². The van der Waals surface area contributed by atoms with Gasteiger partial charge in [-0.2, -0.15) is 15.5 Å². The number of alkyl halides is 2. The number of nitrogens with zero attached hydrogens (tertiary/aromatic N) is 4. The van der Waals surface area contributed by atoms with Crippen molar-refractivity contribution < 1.29 is 27.8 Å². The number of fused-ring (bicyclic) bond motifs is 2. The van der Waals surface area contributed by atoms with Crippen molar-refractivity contribution in [3.05, 3.63) is 69.9 Å². The Morgan fingerprint density at radius 3 is 2.68 bits per heavy atom. The van der Waals surface area contributed by atoms with Crippen LogP contribution in [0.25, 0.3) is 33.5 Å². The SMILES string of the molecule is Cn1ncc(-c2ccc3c(=O)[nH]nc(CNC(=O)OC(C)(C)C)c3c2)c1/C=C(\C#N)c1ccc2c(c1)OC(F)(F)O2. The fourth-order valence-electron chi connectivity index (χ4n) is 4.27. The molecule has 2 N–H and O–H groups in total. The van der Waals surface area contributed by atoms with Gasteiger partial charge >= 0.3 is 12.4 Å². The number of amides is 1. The van der Waals surface area contributed by atoms with E-state index in [1.165, 1.54) is 18.2 Å². The maximum absolute atomic E-state index is 13.5. The van der Waals surface area contributed by atoms with Gasteiger partial charge in [0.25, 0.3) is 5.56 Å². The normalized spacial score (nSPS) is 14.1. The number of allylic oxidation sites excluding steroid dienone is 1. The number of ether oxygens (including phenoxy) is 3. The second-order valence-corrected chi connectivity index (χ2v) is 10.2. The van der Waals surface area contributed by atoms with E-state index in [0.717, 1.165) is 0 Å². The van der Waals surface area contributed by atoms with Gasteiger partial charge in [0.05, 0.1) is 41.2 Å². The third-order valence-corrected chi connectivity index (χ3v) is 6.08. The molecule has 13 heteroatoms. The van der Waals surface area contributed by atoms with Crippen LogP contribution in [-0.2, 0) is 18.3 Å². The molecular formula is C28H24F2N6O5. The summed E-state index contributed by atoms with van der Waals surface area (Å²) in [6, 6.07) is 11.3. The van der Waals surface area contributed by atoms with Gasteiger partial charge in [-0.15, -0.1) is 8.78 Å². The van der Waals surface area contributed by atoms with Crippen LogP contribution >= 0.6 is 0 Å². The maximum Gasteiger partial charge on any atom is 0.586 e. The molecule has 0 saturated carbocycles. The first-order valence-electron chi connectivity index (χ1n) is 12.4. The number of alkyl carbamates (subject to hydrolysis) is 1. The van der Waals surface area contributed by atoms with Crippen LogP contribution in [0.5, 0.6) is 11.5 Å². The minimum Gasteiger partial charge on any atom is -0.444 e. The summed E-state index contributed by atoms with van der Waals surface area (Å²) in [5.41, 5.74) is 1.64. The van der Waals surface area contributed by atoms with Crippen molar-refractivity contribution in [2.75, 3.05) is 0 Å². The molecule has 41 heavy (non-hydrogen) atoms. The molecule has 1 aliphatic rings. The van der Waals surface area contributed by atoms with Gasteiger partial charge in [0.15, 0.2) is 11.5 Å². The highest BCUT2D eigenvalue weighted by atomic mass is 19.3. The molecule has 11 nitrogen and oxygen atoms in total. The molecule has 0 saturated heterocycles. The number of hydrogen-bond acceptors (Lipinski definition) is 8. The number of carbonyl (C=O) groups excluding carboxylic acids is 1. The molecule has 2 aromatic heterocycles. The van der Waals surface area contributed by atoms with Crippen LogP contribution in [0.3, 0.4) is 0 Å². The van der Waals surface area contributed by atoms with E-state index >= 15 is 0 Å². The predicted molar refractivity (Wildman–Crippen MR) is 144 cm³/mol. The van der Waals surface area contributed by atoms with Gasteiger partial charge in [-0.05, 0) is 68.3 Å². The number of rotatable bonds is 5. The van der Waals surface area contributed by atoms with Gasteiger partial charge in [0.1, 0.15) is 5.60 Å². The van der Waals surface area contributed by atoms with Gasteiger partial charge in [-0.3, -0.25) is 9.48 Å². The monoisotopic (exact) mass is 562 g/mol. The number of hydrogen-bond donors (Lipinski definition) is 2. The Morgan fingerprint density at radius 1 is 1.20 bits per heavy atom.